The number of unbranched alkanes of at least 4 members (excludes halogenated alkanes) is 3. The van der Waals surface area contributed by atoms with Crippen molar-refractivity contribution in [3.63, 3.8) is 0 Å². The molecule has 0 fully saturated rings. The molecule has 0 spiro atoms. The predicted molar refractivity (Wildman–Crippen MR) is 92.3 cm³/mol. The van der Waals surface area contributed by atoms with Crippen LogP contribution in [0.15, 0.2) is 11.4 Å². The Morgan fingerprint density at radius 1 is 1.20 bits per heavy atom. The van der Waals surface area contributed by atoms with E-state index in [4.69, 9.17) is 0 Å². The quantitative estimate of drug-likeness (QED) is 0.684. The SMILES string of the molecule is CNc1nc(NCCCCCCSC)c2ccsc2n1. The first-order valence-electron chi connectivity index (χ1n) is 7.01. The maximum atomic E-state index is 4.51. The van der Waals surface area contributed by atoms with Crippen LogP contribution in [0, 0.1) is 0 Å². The molecule has 0 aliphatic carbocycles. The third-order valence-corrected chi connectivity index (χ3v) is 4.62. The Bertz CT molecular complexity index is 527. The van der Waals surface area contributed by atoms with Gasteiger partial charge in [0.05, 0.1) is 5.39 Å². The highest BCUT2D eigenvalue weighted by Gasteiger charge is 2.07. The van der Waals surface area contributed by atoms with Crippen LogP contribution >= 0.6 is 23.1 Å². The van der Waals surface area contributed by atoms with E-state index in [1.54, 1.807) is 11.3 Å². The molecule has 0 atom stereocenters. The van der Waals surface area contributed by atoms with Gasteiger partial charge in [-0.25, -0.2) is 4.98 Å². The molecule has 0 unspecified atom stereocenters. The van der Waals surface area contributed by atoms with Crippen molar-refractivity contribution in [3.05, 3.63) is 11.4 Å². The minimum absolute atomic E-state index is 0.683. The molecule has 2 aromatic rings. The van der Waals surface area contributed by atoms with Crippen LogP contribution in [0.1, 0.15) is 25.7 Å². The van der Waals surface area contributed by atoms with E-state index in [2.05, 4.69) is 38.3 Å². The van der Waals surface area contributed by atoms with Gasteiger partial charge in [-0.1, -0.05) is 12.8 Å². The largest absolute Gasteiger partial charge is 0.369 e. The Labute approximate surface area is 128 Å². The molecular weight excluding hydrogens is 288 g/mol. The highest BCUT2D eigenvalue weighted by Crippen LogP contribution is 2.26. The van der Waals surface area contributed by atoms with E-state index in [9.17, 15) is 0 Å². The number of nitrogens with zero attached hydrogens (tertiary/aromatic N) is 2. The maximum Gasteiger partial charge on any atom is 0.225 e. The van der Waals surface area contributed by atoms with Crippen molar-refractivity contribution < 1.29 is 0 Å². The fourth-order valence-electron chi connectivity index (χ4n) is 2.03. The number of nitrogens with one attached hydrogen (secondary N) is 2. The van der Waals surface area contributed by atoms with Crippen molar-refractivity contribution >= 4 is 45.1 Å². The summed E-state index contributed by atoms with van der Waals surface area (Å²) >= 11 is 3.58. The summed E-state index contributed by atoms with van der Waals surface area (Å²) in [6.07, 6.45) is 7.29. The van der Waals surface area contributed by atoms with Crippen LogP contribution < -0.4 is 10.6 Å². The van der Waals surface area contributed by atoms with E-state index < -0.39 is 0 Å². The average molecular weight is 310 g/mol. The molecule has 0 aliphatic heterocycles. The van der Waals surface area contributed by atoms with Crippen LogP contribution in [-0.2, 0) is 0 Å². The molecule has 0 aromatic carbocycles. The zero-order chi connectivity index (χ0) is 14.2. The topological polar surface area (TPSA) is 49.8 Å². The number of anilines is 2. The van der Waals surface area contributed by atoms with Gasteiger partial charge in [0.2, 0.25) is 5.95 Å². The predicted octanol–water partition coefficient (Wildman–Crippen LogP) is 4.07. The molecule has 2 heterocycles. The summed E-state index contributed by atoms with van der Waals surface area (Å²) in [6.45, 7) is 0.977. The smallest absolute Gasteiger partial charge is 0.225 e. The molecule has 6 heteroatoms. The van der Waals surface area contributed by atoms with Crippen LogP contribution in [0.25, 0.3) is 10.2 Å². The molecule has 2 rings (SSSR count). The molecule has 0 saturated heterocycles. The summed E-state index contributed by atoms with van der Waals surface area (Å²) in [5.74, 6) is 2.91. The molecule has 110 valence electrons. The zero-order valence-corrected chi connectivity index (χ0v) is 13.7. The molecule has 0 bridgehead atoms. The third kappa shape index (κ3) is 4.24. The van der Waals surface area contributed by atoms with Crippen molar-refractivity contribution in [2.24, 2.45) is 0 Å². The van der Waals surface area contributed by atoms with E-state index in [1.807, 2.05) is 18.8 Å². The standard InChI is InChI=1S/C14H22N4S2/c1-15-14-17-12(11-7-10-20-13(11)18-14)16-8-5-3-4-6-9-19-2/h7,10H,3-6,8-9H2,1-2H3,(H2,15,16,17,18). The van der Waals surface area contributed by atoms with E-state index in [1.165, 1.54) is 31.4 Å². The summed E-state index contributed by atoms with van der Waals surface area (Å²) in [7, 11) is 1.85. The van der Waals surface area contributed by atoms with Crippen molar-refractivity contribution in [1.82, 2.24) is 9.97 Å². The molecular formula is C14H22N4S2. The minimum atomic E-state index is 0.683. The lowest BCUT2D eigenvalue weighted by Crippen LogP contribution is -2.06. The normalized spacial score (nSPS) is 10.9. The van der Waals surface area contributed by atoms with Crippen LogP contribution in [0.3, 0.4) is 0 Å². The average Bonchev–Trinajstić information content (AvgIpc) is 2.94. The van der Waals surface area contributed by atoms with Crippen molar-refractivity contribution in [2.75, 3.05) is 36.2 Å². The molecule has 0 radical (unpaired) electrons. The highest BCUT2D eigenvalue weighted by atomic mass is 32.2. The molecule has 2 aromatic heterocycles. The van der Waals surface area contributed by atoms with Gasteiger partial charge < -0.3 is 10.6 Å². The Hall–Kier alpha value is -1.01. The monoisotopic (exact) mass is 310 g/mol. The summed E-state index contributed by atoms with van der Waals surface area (Å²) in [6, 6.07) is 2.08. The van der Waals surface area contributed by atoms with Gasteiger partial charge in [0.1, 0.15) is 10.6 Å². The fourth-order valence-corrected chi connectivity index (χ4v) is 3.29. The third-order valence-electron chi connectivity index (χ3n) is 3.12. The van der Waals surface area contributed by atoms with Crippen molar-refractivity contribution in [3.8, 4) is 0 Å². The summed E-state index contributed by atoms with van der Waals surface area (Å²) in [5.41, 5.74) is 0. The van der Waals surface area contributed by atoms with Gasteiger partial charge in [-0.05, 0) is 36.3 Å². The van der Waals surface area contributed by atoms with E-state index in [0.717, 1.165) is 22.6 Å². The number of thiophene rings is 1. The molecule has 0 saturated carbocycles. The lowest BCUT2D eigenvalue weighted by atomic mass is 10.2. The van der Waals surface area contributed by atoms with Crippen molar-refractivity contribution in [2.45, 2.75) is 25.7 Å². The van der Waals surface area contributed by atoms with E-state index >= 15 is 0 Å². The van der Waals surface area contributed by atoms with Crippen LogP contribution in [0.4, 0.5) is 11.8 Å². The van der Waals surface area contributed by atoms with Crippen molar-refractivity contribution in [1.29, 1.82) is 0 Å². The molecule has 2 N–H and O–H groups in total. The second kappa shape index (κ2) is 8.32. The molecule has 0 amide bonds. The summed E-state index contributed by atoms with van der Waals surface area (Å²) in [4.78, 5) is 9.99. The molecule has 0 aliphatic rings. The Morgan fingerprint density at radius 2 is 2.05 bits per heavy atom. The molecule has 4 nitrogen and oxygen atoms in total. The number of rotatable bonds is 9. The number of fused-ring (bicyclic) bond motifs is 1. The van der Waals surface area contributed by atoms with Gasteiger partial charge in [0.15, 0.2) is 0 Å². The zero-order valence-electron chi connectivity index (χ0n) is 12.1. The van der Waals surface area contributed by atoms with E-state index in [0.29, 0.717) is 5.95 Å². The van der Waals surface area contributed by atoms with Gasteiger partial charge in [-0.2, -0.15) is 16.7 Å². The van der Waals surface area contributed by atoms with Crippen LogP contribution in [0.5, 0.6) is 0 Å². The van der Waals surface area contributed by atoms with Crippen LogP contribution in [-0.4, -0.2) is 35.6 Å². The number of aromatic nitrogens is 2. The van der Waals surface area contributed by atoms with Gasteiger partial charge in [0, 0.05) is 13.6 Å². The first-order chi connectivity index (χ1) is 9.85. The fraction of sp³-hybridized carbons (Fsp3) is 0.571. The van der Waals surface area contributed by atoms with Gasteiger partial charge in [-0.3, -0.25) is 0 Å². The number of hydrogen-bond donors (Lipinski definition) is 2. The number of thioether (sulfide) groups is 1. The lowest BCUT2D eigenvalue weighted by molar-refractivity contribution is 0.688. The van der Waals surface area contributed by atoms with Gasteiger partial charge >= 0.3 is 0 Å². The first kappa shape index (κ1) is 15.4. The molecule has 20 heavy (non-hydrogen) atoms. The Kier molecular flexibility index (Phi) is 6.39. The van der Waals surface area contributed by atoms with Gasteiger partial charge in [0.25, 0.3) is 0 Å². The van der Waals surface area contributed by atoms with Crippen LogP contribution in [0.2, 0.25) is 0 Å². The van der Waals surface area contributed by atoms with Gasteiger partial charge in [-0.15, -0.1) is 11.3 Å². The highest BCUT2D eigenvalue weighted by molar-refractivity contribution is 7.98. The lowest BCUT2D eigenvalue weighted by Gasteiger charge is -2.08. The second-order valence-corrected chi connectivity index (χ2v) is 6.50. The van der Waals surface area contributed by atoms with E-state index in [-0.39, 0.29) is 0 Å². The summed E-state index contributed by atoms with van der Waals surface area (Å²) < 4.78 is 0. The Balaban J connectivity index is 1.84. The second-order valence-electron chi connectivity index (χ2n) is 4.62. The maximum absolute atomic E-state index is 4.51. The summed E-state index contributed by atoms with van der Waals surface area (Å²) in [5, 5.41) is 9.65. The number of hydrogen-bond acceptors (Lipinski definition) is 6. The first-order valence-corrected chi connectivity index (χ1v) is 9.28. The Morgan fingerprint density at radius 3 is 2.85 bits per heavy atom. The minimum Gasteiger partial charge on any atom is -0.369 e.